The van der Waals surface area contributed by atoms with Crippen molar-refractivity contribution in [1.29, 1.82) is 0 Å². The molecule has 7 aromatic rings. The Morgan fingerprint density at radius 3 is 1.78 bits per heavy atom. The smallest absolute Gasteiger partial charge is 0.220 e. The fourth-order valence-electron chi connectivity index (χ4n) is 5.60. The standard InChI is InChI=1S/C32H25N3Si/c1-36(25-14-4-2-5-15-25,26-16-6-3-7-17-26)27-18-12-13-24(23-27)34-30-21-10-11-22-31(30)35-29-20-9-8-19-28(29)33-32(34)35/h2-23H,1H3. The summed E-state index contributed by atoms with van der Waals surface area (Å²) >= 11 is 0. The van der Waals surface area contributed by atoms with Crippen molar-refractivity contribution < 1.29 is 0 Å². The van der Waals surface area contributed by atoms with Gasteiger partial charge in [-0.15, -0.1) is 0 Å². The van der Waals surface area contributed by atoms with E-state index in [-0.39, 0.29) is 0 Å². The number of benzene rings is 5. The van der Waals surface area contributed by atoms with Crippen LogP contribution in [0.5, 0.6) is 0 Å². The molecule has 0 saturated carbocycles. The third-order valence-corrected chi connectivity index (χ3v) is 11.9. The fraction of sp³-hybridized carbons (Fsp3) is 0.0312. The summed E-state index contributed by atoms with van der Waals surface area (Å²) < 4.78 is 4.59. The molecule has 0 saturated heterocycles. The van der Waals surface area contributed by atoms with Crippen LogP contribution < -0.4 is 15.6 Å². The molecule has 0 radical (unpaired) electrons. The van der Waals surface area contributed by atoms with E-state index in [1.54, 1.807) is 0 Å². The molecule has 0 aliphatic rings. The van der Waals surface area contributed by atoms with Crippen molar-refractivity contribution in [3.8, 4) is 5.69 Å². The van der Waals surface area contributed by atoms with Crippen LogP contribution in [0.3, 0.4) is 0 Å². The minimum Gasteiger partial charge on any atom is -0.278 e. The molecule has 0 spiro atoms. The molecule has 0 aliphatic carbocycles. The summed E-state index contributed by atoms with van der Waals surface area (Å²) in [7, 11) is -2.23. The van der Waals surface area contributed by atoms with Crippen LogP contribution in [0.15, 0.2) is 133 Å². The molecule has 0 N–H and O–H groups in total. The maximum Gasteiger partial charge on any atom is 0.220 e. The van der Waals surface area contributed by atoms with Crippen LogP contribution in [0.1, 0.15) is 0 Å². The molecule has 0 atom stereocenters. The first kappa shape index (κ1) is 20.9. The van der Waals surface area contributed by atoms with Gasteiger partial charge in [0, 0.05) is 5.69 Å². The van der Waals surface area contributed by atoms with Gasteiger partial charge in [-0.1, -0.05) is 104 Å². The van der Waals surface area contributed by atoms with Gasteiger partial charge in [0.25, 0.3) is 0 Å². The predicted molar refractivity (Wildman–Crippen MR) is 153 cm³/mol. The van der Waals surface area contributed by atoms with Crippen molar-refractivity contribution in [3.63, 3.8) is 0 Å². The van der Waals surface area contributed by atoms with Crippen LogP contribution in [-0.2, 0) is 0 Å². The van der Waals surface area contributed by atoms with Crippen LogP contribution >= 0.6 is 0 Å². The minimum absolute atomic E-state index is 0.942. The summed E-state index contributed by atoms with van der Waals surface area (Å²) in [6.07, 6.45) is 0. The second kappa shape index (κ2) is 8.07. The van der Waals surface area contributed by atoms with Crippen LogP contribution in [0, 0.1) is 0 Å². The number of fused-ring (bicyclic) bond motifs is 5. The zero-order valence-corrected chi connectivity index (χ0v) is 21.0. The molecule has 0 unspecified atom stereocenters. The van der Waals surface area contributed by atoms with E-state index < -0.39 is 8.07 Å². The molecule has 36 heavy (non-hydrogen) atoms. The molecule has 0 fully saturated rings. The van der Waals surface area contributed by atoms with Crippen molar-refractivity contribution in [3.05, 3.63) is 133 Å². The summed E-state index contributed by atoms with van der Waals surface area (Å²) in [5.74, 6) is 0.942. The van der Waals surface area contributed by atoms with E-state index in [1.807, 2.05) is 0 Å². The zero-order valence-electron chi connectivity index (χ0n) is 20.0. The van der Waals surface area contributed by atoms with Crippen molar-refractivity contribution in [1.82, 2.24) is 14.0 Å². The van der Waals surface area contributed by atoms with Gasteiger partial charge in [0.2, 0.25) is 5.78 Å². The Morgan fingerprint density at radius 1 is 0.528 bits per heavy atom. The molecule has 7 rings (SSSR count). The Labute approximate surface area is 210 Å². The summed E-state index contributed by atoms with van der Waals surface area (Å²) in [4.78, 5) is 5.07. The monoisotopic (exact) mass is 479 g/mol. The highest BCUT2D eigenvalue weighted by atomic mass is 28.3. The van der Waals surface area contributed by atoms with E-state index in [0.717, 1.165) is 33.5 Å². The van der Waals surface area contributed by atoms with Gasteiger partial charge < -0.3 is 0 Å². The van der Waals surface area contributed by atoms with Crippen LogP contribution in [-0.4, -0.2) is 22.0 Å². The van der Waals surface area contributed by atoms with Gasteiger partial charge in [-0.3, -0.25) is 8.97 Å². The first-order valence-electron chi connectivity index (χ1n) is 12.3. The lowest BCUT2D eigenvalue weighted by Crippen LogP contribution is -2.64. The first-order chi connectivity index (χ1) is 17.7. The minimum atomic E-state index is -2.23. The summed E-state index contributed by atoms with van der Waals surface area (Å²) in [6, 6.07) is 48.1. The van der Waals surface area contributed by atoms with Crippen molar-refractivity contribution in [2.24, 2.45) is 0 Å². The number of hydrogen-bond acceptors (Lipinski definition) is 1. The molecule has 2 heterocycles. The quantitative estimate of drug-likeness (QED) is 0.240. The third kappa shape index (κ3) is 3.01. The second-order valence-corrected chi connectivity index (χ2v) is 13.4. The number of rotatable bonds is 4. The van der Waals surface area contributed by atoms with E-state index in [4.69, 9.17) is 4.98 Å². The number of para-hydroxylation sites is 4. The fourth-order valence-corrected chi connectivity index (χ4v) is 9.19. The number of nitrogens with zero attached hydrogens (tertiary/aromatic N) is 3. The molecule has 172 valence electrons. The largest absolute Gasteiger partial charge is 0.278 e. The number of hydrogen-bond donors (Lipinski definition) is 0. The van der Waals surface area contributed by atoms with E-state index >= 15 is 0 Å². The average molecular weight is 480 g/mol. The molecule has 0 amide bonds. The summed E-state index contributed by atoms with van der Waals surface area (Å²) in [5, 5.41) is 4.19. The summed E-state index contributed by atoms with van der Waals surface area (Å²) in [6.45, 7) is 2.46. The SMILES string of the molecule is C[Si](c1ccccc1)(c1ccccc1)c1cccc(-n2c3ccccc3n3c4ccccc4nc23)c1. The van der Waals surface area contributed by atoms with Gasteiger partial charge in [0.05, 0.1) is 22.1 Å². The van der Waals surface area contributed by atoms with E-state index in [0.29, 0.717) is 0 Å². The van der Waals surface area contributed by atoms with Crippen molar-refractivity contribution >= 4 is 51.5 Å². The van der Waals surface area contributed by atoms with Gasteiger partial charge >= 0.3 is 0 Å². The number of aromatic nitrogens is 3. The van der Waals surface area contributed by atoms with Crippen molar-refractivity contribution in [2.75, 3.05) is 0 Å². The second-order valence-electron chi connectivity index (χ2n) is 9.47. The molecular weight excluding hydrogens is 454 g/mol. The topological polar surface area (TPSA) is 22.2 Å². The lowest BCUT2D eigenvalue weighted by molar-refractivity contribution is 1.11. The van der Waals surface area contributed by atoms with Crippen molar-refractivity contribution in [2.45, 2.75) is 6.55 Å². The summed E-state index contributed by atoms with van der Waals surface area (Å²) in [5.41, 5.74) is 5.60. The van der Waals surface area contributed by atoms with Gasteiger partial charge in [-0.2, -0.15) is 0 Å². The zero-order chi connectivity index (χ0) is 24.1. The maximum absolute atomic E-state index is 5.07. The Bertz CT molecular complexity index is 1810. The lowest BCUT2D eigenvalue weighted by Gasteiger charge is -2.30. The highest BCUT2D eigenvalue weighted by molar-refractivity contribution is 7.10. The molecule has 0 bridgehead atoms. The van der Waals surface area contributed by atoms with Crippen LogP contribution in [0.2, 0.25) is 6.55 Å². The number of imidazole rings is 2. The lowest BCUT2D eigenvalue weighted by atomic mass is 10.2. The molecular formula is C32H25N3Si. The van der Waals surface area contributed by atoms with Gasteiger partial charge in [-0.05, 0) is 52.0 Å². The average Bonchev–Trinajstić information content (AvgIpc) is 3.48. The molecule has 4 heteroatoms. The highest BCUT2D eigenvalue weighted by Gasteiger charge is 2.34. The Hall–Kier alpha value is -4.41. The Morgan fingerprint density at radius 2 is 1.08 bits per heavy atom. The van der Waals surface area contributed by atoms with E-state index in [1.165, 1.54) is 15.6 Å². The van der Waals surface area contributed by atoms with E-state index in [2.05, 4.69) is 149 Å². The van der Waals surface area contributed by atoms with Gasteiger partial charge in [-0.25, -0.2) is 4.98 Å². The predicted octanol–water partition coefficient (Wildman–Crippen LogP) is 5.53. The van der Waals surface area contributed by atoms with Crippen LogP contribution in [0.25, 0.3) is 33.5 Å². The molecule has 3 nitrogen and oxygen atoms in total. The van der Waals surface area contributed by atoms with Gasteiger partial charge in [0.15, 0.2) is 0 Å². The molecule has 0 aliphatic heterocycles. The Balaban J connectivity index is 1.52. The highest BCUT2D eigenvalue weighted by Crippen LogP contribution is 2.29. The molecule has 2 aromatic heterocycles. The normalized spacial score (nSPS) is 12.0. The van der Waals surface area contributed by atoms with Gasteiger partial charge in [0.1, 0.15) is 8.07 Å². The maximum atomic E-state index is 5.07. The first-order valence-corrected chi connectivity index (χ1v) is 14.8. The third-order valence-electron chi connectivity index (χ3n) is 7.49. The van der Waals surface area contributed by atoms with E-state index in [9.17, 15) is 0 Å². The van der Waals surface area contributed by atoms with Crippen LogP contribution in [0.4, 0.5) is 0 Å². The molecule has 5 aromatic carbocycles. The Kier molecular flexibility index (Phi) is 4.69.